The van der Waals surface area contributed by atoms with Crippen molar-refractivity contribution >= 4 is 11.7 Å². The molecule has 0 amide bonds. The SMILES string of the molecule is CCc1cnc2ncc(C(=O)O)n2c1. The summed E-state index contributed by atoms with van der Waals surface area (Å²) in [4.78, 5) is 18.7. The van der Waals surface area contributed by atoms with Gasteiger partial charge in [-0.1, -0.05) is 6.92 Å². The molecule has 0 aromatic carbocycles. The Morgan fingerprint density at radius 3 is 2.86 bits per heavy atom. The van der Waals surface area contributed by atoms with Crippen molar-refractivity contribution in [3.05, 3.63) is 29.8 Å². The molecule has 0 unspecified atom stereocenters. The van der Waals surface area contributed by atoms with Gasteiger partial charge in [0.05, 0.1) is 6.20 Å². The average molecular weight is 191 g/mol. The number of imidazole rings is 1. The van der Waals surface area contributed by atoms with Crippen LogP contribution in [0.3, 0.4) is 0 Å². The summed E-state index contributed by atoms with van der Waals surface area (Å²) in [5.74, 6) is -0.577. The van der Waals surface area contributed by atoms with Gasteiger partial charge in [0.1, 0.15) is 0 Å². The molecule has 14 heavy (non-hydrogen) atoms. The summed E-state index contributed by atoms with van der Waals surface area (Å²) < 4.78 is 1.49. The number of rotatable bonds is 2. The molecule has 0 atom stereocenters. The Kier molecular flexibility index (Phi) is 1.92. The number of fused-ring (bicyclic) bond motifs is 1. The molecule has 0 aliphatic rings. The van der Waals surface area contributed by atoms with Crippen LogP contribution in [0.5, 0.6) is 0 Å². The van der Waals surface area contributed by atoms with Crippen molar-refractivity contribution in [3.63, 3.8) is 0 Å². The molecule has 2 heterocycles. The minimum absolute atomic E-state index is 0.141. The Morgan fingerprint density at radius 1 is 1.50 bits per heavy atom. The second-order valence-corrected chi connectivity index (χ2v) is 2.93. The molecular weight excluding hydrogens is 182 g/mol. The largest absolute Gasteiger partial charge is 0.477 e. The van der Waals surface area contributed by atoms with Crippen molar-refractivity contribution in [3.8, 4) is 0 Å². The summed E-state index contributed by atoms with van der Waals surface area (Å²) in [6.07, 6.45) is 5.58. The predicted molar refractivity (Wildman–Crippen MR) is 49.3 cm³/mol. The Labute approximate surface area is 80.0 Å². The van der Waals surface area contributed by atoms with Crippen molar-refractivity contribution in [2.45, 2.75) is 13.3 Å². The minimum Gasteiger partial charge on any atom is -0.477 e. The third-order valence-corrected chi connectivity index (χ3v) is 2.05. The molecular formula is C9H9N3O2. The van der Waals surface area contributed by atoms with E-state index in [0.717, 1.165) is 12.0 Å². The number of carboxylic acid groups (broad SMARTS) is 1. The zero-order valence-electron chi connectivity index (χ0n) is 7.64. The Hall–Kier alpha value is -1.91. The van der Waals surface area contributed by atoms with Crippen LogP contribution < -0.4 is 0 Å². The highest BCUT2D eigenvalue weighted by molar-refractivity contribution is 5.86. The van der Waals surface area contributed by atoms with E-state index in [-0.39, 0.29) is 5.69 Å². The molecule has 5 heteroatoms. The summed E-state index contributed by atoms with van der Waals surface area (Å²) in [5.41, 5.74) is 1.13. The number of aromatic carboxylic acids is 1. The number of carbonyl (C=O) groups is 1. The van der Waals surface area contributed by atoms with E-state index >= 15 is 0 Å². The Balaban J connectivity index is 2.69. The van der Waals surface area contributed by atoms with Crippen LogP contribution in [0, 0.1) is 0 Å². The molecule has 72 valence electrons. The minimum atomic E-state index is -0.993. The smallest absolute Gasteiger partial charge is 0.354 e. The maximum atomic E-state index is 10.8. The summed E-state index contributed by atoms with van der Waals surface area (Å²) in [7, 11) is 0. The van der Waals surface area contributed by atoms with Gasteiger partial charge >= 0.3 is 5.97 Å². The van der Waals surface area contributed by atoms with Crippen LogP contribution in [0.15, 0.2) is 18.6 Å². The van der Waals surface area contributed by atoms with Crippen molar-refractivity contribution in [2.24, 2.45) is 0 Å². The summed E-state index contributed by atoms with van der Waals surface area (Å²) in [6, 6.07) is 0. The van der Waals surface area contributed by atoms with Gasteiger partial charge in [0.25, 0.3) is 0 Å². The van der Waals surface area contributed by atoms with Gasteiger partial charge in [-0.2, -0.15) is 0 Å². The van der Waals surface area contributed by atoms with E-state index in [1.165, 1.54) is 10.6 Å². The quantitative estimate of drug-likeness (QED) is 0.768. The van der Waals surface area contributed by atoms with Gasteiger partial charge in [-0.3, -0.25) is 4.40 Å². The molecule has 5 nitrogen and oxygen atoms in total. The topological polar surface area (TPSA) is 67.5 Å². The van der Waals surface area contributed by atoms with Gasteiger partial charge in [-0.05, 0) is 12.0 Å². The van der Waals surface area contributed by atoms with E-state index in [1.54, 1.807) is 12.4 Å². The second kappa shape index (κ2) is 3.10. The van der Waals surface area contributed by atoms with E-state index < -0.39 is 5.97 Å². The monoisotopic (exact) mass is 191 g/mol. The number of aromatic nitrogens is 3. The van der Waals surface area contributed by atoms with E-state index in [1.807, 2.05) is 6.92 Å². The fraction of sp³-hybridized carbons (Fsp3) is 0.222. The fourth-order valence-electron chi connectivity index (χ4n) is 1.25. The van der Waals surface area contributed by atoms with Crippen LogP contribution in [0.25, 0.3) is 5.78 Å². The lowest BCUT2D eigenvalue weighted by Crippen LogP contribution is -2.02. The second-order valence-electron chi connectivity index (χ2n) is 2.93. The van der Waals surface area contributed by atoms with Gasteiger partial charge < -0.3 is 5.11 Å². The summed E-state index contributed by atoms with van der Waals surface area (Å²) >= 11 is 0. The van der Waals surface area contributed by atoms with Crippen LogP contribution in [0.2, 0.25) is 0 Å². The van der Waals surface area contributed by atoms with Crippen LogP contribution in [0.1, 0.15) is 23.0 Å². The molecule has 0 spiro atoms. The van der Waals surface area contributed by atoms with Crippen molar-refractivity contribution in [1.82, 2.24) is 14.4 Å². The molecule has 0 fully saturated rings. The van der Waals surface area contributed by atoms with Crippen LogP contribution >= 0.6 is 0 Å². The fourth-order valence-corrected chi connectivity index (χ4v) is 1.25. The molecule has 0 saturated heterocycles. The highest BCUT2D eigenvalue weighted by Gasteiger charge is 2.10. The van der Waals surface area contributed by atoms with E-state index in [4.69, 9.17) is 5.11 Å². The highest BCUT2D eigenvalue weighted by Crippen LogP contribution is 2.06. The van der Waals surface area contributed by atoms with Gasteiger partial charge in [0.2, 0.25) is 5.78 Å². The number of aryl methyl sites for hydroxylation is 1. The van der Waals surface area contributed by atoms with Gasteiger partial charge in [0, 0.05) is 12.4 Å². The molecule has 2 aromatic rings. The first-order valence-corrected chi connectivity index (χ1v) is 4.27. The number of hydrogen-bond donors (Lipinski definition) is 1. The van der Waals surface area contributed by atoms with Crippen molar-refractivity contribution < 1.29 is 9.90 Å². The highest BCUT2D eigenvalue weighted by atomic mass is 16.4. The summed E-state index contributed by atoms with van der Waals surface area (Å²) in [5, 5.41) is 8.85. The molecule has 0 aliphatic carbocycles. The van der Waals surface area contributed by atoms with Gasteiger partial charge in [-0.15, -0.1) is 0 Å². The standard InChI is InChI=1S/C9H9N3O2/c1-2-6-3-10-9-11-4-7(8(13)14)12(9)5-6/h3-5H,2H2,1H3,(H,13,14). The van der Waals surface area contributed by atoms with Gasteiger partial charge in [0.15, 0.2) is 5.69 Å². The zero-order valence-corrected chi connectivity index (χ0v) is 7.64. The lowest BCUT2D eigenvalue weighted by Gasteiger charge is -1.98. The Bertz CT molecular complexity index is 490. The predicted octanol–water partition coefficient (Wildman–Crippen LogP) is 0.990. The third kappa shape index (κ3) is 1.22. The van der Waals surface area contributed by atoms with E-state index in [0.29, 0.717) is 5.78 Å². The average Bonchev–Trinajstić information content (AvgIpc) is 2.59. The number of carboxylic acids is 1. The molecule has 0 bridgehead atoms. The van der Waals surface area contributed by atoms with E-state index in [9.17, 15) is 4.79 Å². The lowest BCUT2D eigenvalue weighted by atomic mass is 10.3. The summed E-state index contributed by atoms with van der Waals surface area (Å²) in [6.45, 7) is 1.99. The van der Waals surface area contributed by atoms with Crippen LogP contribution in [0.4, 0.5) is 0 Å². The molecule has 0 saturated carbocycles. The molecule has 2 rings (SSSR count). The lowest BCUT2D eigenvalue weighted by molar-refractivity contribution is 0.0689. The normalized spacial score (nSPS) is 10.6. The first-order valence-electron chi connectivity index (χ1n) is 4.27. The van der Waals surface area contributed by atoms with Crippen LogP contribution in [-0.2, 0) is 6.42 Å². The zero-order chi connectivity index (χ0) is 10.1. The van der Waals surface area contributed by atoms with Crippen molar-refractivity contribution in [2.75, 3.05) is 0 Å². The molecule has 1 N–H and O–H groups in total. The van der Waals surface area contributed by atoms with E-state index in [2.05, 4.69) is 9.97 Å². The number of hydrogen-bond acceptors (Lipinski definition) is 3. The van der Waals surface area contributed by atoms with Crippen molar-refractivity contribution in [1.29, 1.82) is 0 Å². The molecule has 0 aliphatic heterocycles. The van der Waals surface area contributed by atoms with Crippen LogP contribution in [-0.4, -0.2) is 25.4 Å². The molecule has 0 radical (unpaired) electrons. The van der Waals surface area contributed by atoms with Gasteiger partial charge in [-0.25, -0.2) is 14.8 Å². The maximum Gasteiger partial charge on any atom is 0.354 e. The first-order chi connectivity index (χ1) is 6.72. The number of nitrogens with zero attached hydrogens (tertiary/aromatic N) is 3. The molecule has 2 aromatic heterocycles. The Morgan fingerprint density at radius 2 is 2.21 bits per heavy atom. The third-order valence-electron chi connectivity index (χ3n) is 2.05. The maximum absolute atomic E-state index is 10.8. The first kappa shape index (κ1) is 8.68.